The molecule has 0 heterocycles. The van der Waals surface area contributed by atoms with Gasteiger partial charge in [0.25, 0.3) is 0 Å². The minimum Gasteiger partial charge on any atom is -0.493 e. The summed E-state index contributed by atoms with van der Waals surface area (Å²) in [6.07, 6.45) is 5.49. The van der Waals surface area contributed by atoms with E-state index in [1.54, 1.807) is 12.1 Å². The first kappa shape index (κ1) is 12.5. The Hall–Kier alpha value is -1.51. The Morgan fingerprint density at radius 3 is 2.79 bits per heavy atom. The van der Waals surface area contributed by atoms with Crippen molar-refractivity contribution in [2.24, 2.45) is 17.8 Å². The lowest BCUT2D eigenvalue weighted by Gasteiger charge is -2.21. The Kier molecular flexibility index (Phi) is 3.21. The van der Waals surface area contributed by atoms with Gasteiger partial charge < -0.3 is 9.84 Å². The van der Waals surface area contributed by atoms with Crippen LogP contribution < -0.4 is 4.74 Å². The van der Waals surface area contributed by atoms with Crippen molar-refractivity contribution >= 4 is 5.97 Å². The number of carboxylic acids is 1. The van der Waals surface area contributed by atoms with Crippen LogP contribution in [0.25, 0.3) is 0 Å². The molecule has 2 bridgehead atoms. The average molecular weight is 260 g/mol. The van der Waals surface area contributed by atoms with Crippen molar-refractivity contribution in [2.45, 2.75) is 32.6 Å². The first-order chi connectivity index (χ1) is 9.13. The van der Waals surface area contributed by atoms with Crippen molar-refractivity contribution in [3.05, 3.63) is 29.3 Å². The molecule has 3 nitrogen and oxygen atoms in total. The van der Waals surface area contributed by atoms with Crippen LogP contribution in [0, 0.1) is 24.7 Å². The second-order valence-electron chi connectivity index (χ2n) is 6.03. The summed E-state index contributed by atoms with van der Waals surface area (Å²) in [5, 5.41) is 8.99. The highest BCUT2D eigenvalue weighted by atomic mass is 16.5. The molecule has 0 saturated heterocycles. The van der Waals surface area contributed by atoms with E-state index >= 15 is 0 Å². The van der Waals surface area contributed by atoms with Crippen LogP contribution in [0.4, 0.5) is 0 Å². The Morgan fingerprint density at radius 2 is 2.21 bits per heavy atom. The van der Waals surface area contributed by atoms with Gasteiger partial charge in [-0.25, -0.2) is 4.79 Å². The van der Waals surface area contributed by atoms with Gasteiger partial charge in [-0.15, -0.1) is 0 Å². The van der Waals surface area contributed by atoms with E-state index in [2.05, 4.69) is 0 Å². The largest absolute Gasteiger partial charge is 0.493 e. The second-order valence-corrected chi connectivity index (χ2v) is 6.03. The number of aromatic carboxylic acids is 1. The predicted octanol–water partition coefficient (Wildman–Crippen LogP) is 3.51. The molecule has 3 atom stereocenters. The van der Waals surface area contributed by atoms with Crippen molar-refractivity contribution in [1.82, 2.24) is 0 Å². The third kappa shape index (κ3) is 2.46. The molecule has 3 unspecified atom stereocenters. The van der Waals surface area contributed by atoms with Crippen molar-refractivity contribution in [3.63, 3.8) is 0 Å². The number of carboxylic acid groups (broad SMARTS) is 1. The molecule has 2 fully saturated rings. The summed E-state index contributed by atoms with van der Waals surface area (Å²) in [6, 6.07) is 5.23. The van der Waals surface area contributed by atoms with Crippen LogP contribution in [0.5, 0.6) is 5.75 Å². The molecule has 19 heavy (non-hydrogen) atoms. The van der Waals surface area contributed by atoms with Gasteiger partial charge in [0.2, 0.25) is 0 Å². The van der Waals surface area contributed by atoms with Crippen LogP contribution >= 0.6 is 0 Å². The second kappa shape index (κ2) is 4.87. The Morgan fingerprint density at radius 1 is 1.37 bits per heavy atom. The van der Waals surface area contributed by atoms with E-state index in [0.717, 1.165) is 29.8 Å². The molecule has 2 aliphatic rings. The van der Waals surface area contributed by atoms with Crippen LogP contribution in [0.1, 0.15) is 41.6 Å². The quantitative estimate of drug-likeness (QED) is 0.901. The highest BCUT2D eigenvalue weighted by Gasteiger charge is 2.39. The van der Waals surface area contributed by atoms with E-state index < -0.39 is 5.97 Å². The van der Waals surface area contributed by atoms with Gasteiger partial charge in [-0.3, -0.25) is 0 Å². The van der Waals surface area contributed by atoms with Crippen LogP contribution in [0.3, 0.4) is 0 Å². The lowest BCUT2D eigenvalue weighted by Crippen LogP contribution is -2.18. The third-order valence-electron chi connectivity index (χ3n) is 4.78. The molecule has 2 aliphatic carbocycles. The topological polar surface area (TPSA) is 46.5 Å². The molecular formula is C16H20O3. The van der Waals surface area contributed by atoms with E-state index in [1.807, 2.05) is 13.0 Å². The van der Waals surface area contributed by atoms with Gasteiger partial charge in [0.15, 0.2) is 0 Å². The normalized spacial score (nSPS) is 28.6. The van der Waals surface area contributed by atoms with Gasteiger partial charge in [-0.1, -0.05) is 6.42 Å². The van der Waals surface area contributed by atoms with E-state index in [4.69, 9.17) is 9.84 Å². The number of aryl methyl sites for hydroxylation is 1. The molecule has 1 N–H and O–H groups in total. The fraction of sp³-hybridized carbons (Fsp3) is 0.562. The molecule has 2 saturated carbocycles. The average Bonchev–Trinajstić information content (AvgIpc) is 2.98. The molecule has 0 aliphatic heterocycles. The standard InChI is InChI=1S/C16H20O3/c1-10-6-14(4-5-15(10)16(17)18)19-9-13-8-11-2-3-12(13)7-11/h4-6,11-13H,2-3,7-9H2,1H3,(H,17,18). The van der Waals surface area contributed by atoms with Gasteiger partial charge in [0, 0.05) is 0 Å². The molecule has 1 aromatic rings. The van der Waals surface area contributed by atoms with Gasteiger partial charge in [-0.05, 0) is 67.7 Å². The molecule has 0 aromatic heterocycles. The number of ether oxygens (including phenoxy) is 1. The fourth-order valence-electron chi connectivity index (χ4n) is 3.75. The highest BCUT2D eigenvalue weighted by molar-refractivity contribution is 5.89. The Balaban J connectivity index is 1.61. The summed E-state index contributed by atoms with van der Waals surface area (Å²) in [4.78, 5) is 10.9. The van der Waals surface area contributed by atoms with Gasteiger partial charge >= 0.3 is 5.97 Å². The van der Waals surface area contributed by atoms with E-state index in [0.29, 0.717) is 11.5 Å². The maximum atomic E-state index is 10.9. The molecule has 3 heteroatoms. The maximum Gasteiger partial charge on any atom is 0.335 e. The van der Waals surface area contributed by atoms with Gasteiger partial charge in [-0.2, -0.15) is 0 Å². The number of rotatable bonds is 4. The Bertz CT molecular complexity index is 495. The number of carbonyl (C=O) groups is 1. The highest BCUT2D eigenvalue weighted by Crippen LogP contribution is 2.48. The third-order valence-corrected chi connectivity index (χ3v) is 4.78. The predicted molar refractivity (Wildman–Crippen MR) is 72.6 cm³/mol. The molecule has 0 radical (unpaired) electrons. The fourth-order valence-corrected chi connectivity index (χ4v) is 3.75. The van der Waals surface area contributed by atoms with Crippen molar-refractivity contribution in [2.75, 3.05) is 6.61 Å². The zero-order valence-electron chi connectivity index (χ0n) is 11.3. The molecule has 0 amide bonds. The Labute approximate surface area is 113 Å². The van der Waals surface area contributed by atoms with Gasteiger partial charge in [0.1, 0.15) is 5.75 Å². The van der Waals surface area contributed by atoms with Crippen LogP contribution in [-0.4, -0.2) is 17.7 Å². The first-order valence-electron chi connectivity index (χ1n) is 7.10. The number of benzene rings is 1. The lowest BCUT2D eigenvalue weighted by molar-refractivity contribution is 0.0696. The summed E-state index contributed by atoms with van der Waals surface area (Å²) < 4.78 is 5.87. The maximum absolute atomic E-state index is 10.9. The summed E-state index contributed by atoms with van der Waals surface area (Å²) in [6.45, 7) is 2.60. The van der Waals surface area contributed by atoms with E-state index in [1.165, 1.54) is 25.7 Å². The summed E-state index contributed by atoms with van der Waals surface area (Å²) in [7, 11) is 0. The molecule has 102 valence electrons. The summed E-state index contributed by atoms with van der Waals surface area (Å²) >= 11 is 0. The monoisotopic (exact) mass is 260 g/mol. The molecule has 3 rings (SSSR count). The van der Waals surface area contributed by atoms with Crippen molar-refractivity contribution < 1.29 is 14.6 Å². The van der Waals surface area contributed by atoms with E-state index in [9.17, 15) is 4.79 Å². The zero-order valence-corrected chi connectivity index (χ0v) is 11.3. The summed E-state index contributed by atoms with van der Waals surface area (Å²) in [5.74, 6) is 2.43. The zero-order chi connectivity index (χ0) is 13.4. The van der Waals surface area contributed by atoms with Crippen LogP contribution in [-0.2, 0) is 0 Å². The molecule has 0 spiro atoms. The van der Waals surface area contributed by atoms with Crippen molar-refractivity contribution in [1.29, 1.82) is 0 Å². The number of fused-ring (bicyclic) bond motifs is 2. The SMILES string of the molecule is Cc1cc(OCC2CC3CCC2C3)ccc1C(=O)O. The smallest absolute Gasteiger partial charge is 0.335 e. The molecular weight excluding hydrogens is 240 g/mol. The van der Waals surface area contributed by atoms with E-state index in [-0.39, 0.29) is 0 Å². The molecule has 1 aromatic carbocycles. The minimum absolute atomic E-state index is 0.354. The van der Waals surface area contributed by atoms with Gasteiger partial charge in [0.05, 0.1) is 12.2 Å². The van der Waals surface area contributed by atoms with Crippen LogP contribution in [0.2, 0.25) is 0 Å². The van der Waals surface area contributed by atoms with Crippen LogP contribution in [0.15, 0.2) is 18.2 Å². The number of hydrogen-bond acceptors (Lipinski definition) is 2. The number of hydrogen-bond donors (Lipinski definition) is 1. The van der Waals surface area contributed by atoms with Crippen molar-refractivity contribution in [3.8, 4) is 5.75 Å². The first-order valence-corrected chi connectivity index (χ1v) is 7.10. The summed E-state index contributed by atoms with van der Waals surface area (Å²) in [5.41, 5.74) is 1.12. The minimum atomic E-state index is -0.878. The lowest BCUT2D eigenvalue weighted by atomic mass is 9.89.